The summed E-state index contributed by atoms with van der Waals surface area (Å²) in [5.41, 5.74) is 6.53. The minimum atomic E-state index is -3.70. The van der Waals surface area contributed by atoms with Crippen LogP contribution in [-0.2, 0) is 17.1 Å². The number of rotatable bonds is 3. The molecule has 9 heteroatoms. The van der Waals surface area contributed by atoms with Crippen LogP contribution in [0.15, 0.2) is 17.3 Å². The van der Waals surface area contributed by atoms with Gasteiger partial charge in [-0.1, -0.05) is 0 Å². The van der Waals surface area contributed by atoms with Crippen molar-refractivity contribution in [2.24, 2.45) is 7.05 Å². The third-order valence-electron chi connectivity index (χ3n) is 2.22. The molecule has 0 aliphatic rings. The van der Waals surface area contributed by atoms with Crippen molar-refractivity contribution >= 4 is 21.5 Å². The summed E-state index contributed by atoms with van der Waals surface area (Å²) in [6.07, 6.45) is 2.63. The highest BCUT2D eigenvalue weighted by Crippen LogP contribution is 2.21. The SMILES string of the molecule is Cc1[nH]nc(NS(=O)(=O)c2cnn(C)c2)c1N. The van der Waals surface area contributed by atoms with E-state index in [1.807, 2.05) is 0 Å². The zero-order valence-electron chi connectivity index (χ0n) is 9.30. The maximum atomic E-state index is 11.9. The average molecular weight is 256 g/mol. The number of aromatic nitrogens is 4. The van der Waals surface area contributed by atoms with Gasteiger partial charge in [0.1, 0.15) is 4.90 Å². The summed E-state index contributed by atoms with van der Waals surface area (Å²) in [6, 6.07) is 0. The van der Waals surface area contributed by atoms with Gasteiger partial charge in [0, 0.05) is 13.2 Å². The molecular formula is C8H12N6O2S. The van der Waals surface area contributed by atoms with Crippen LogP contribution < -0.4 is 10.5 Å². The van der Waals surface area contributed by atoms with E-state index in [2.05, 4.69) is 20.0 Å². The predicted molar refractivity (Wildman–Crippen MR) is 61.8 cm³/mol. The Morgan fingerprint density at radius 2 is 2.24 bits per heavy atom. The van der Waals surface area contributed by atoms with Crippen LogP contribution in [0.3, 0.4) is 0 Å². The quantitative estimate of drug-likeness (QED) is 0.704. The number of aromatic amines is 1. The van der Waals surface area contributed by atoms with E-state index in [1.54, 1.807) is 14.0 Å². The summed E-state index contributed by atoms with van der Waals surface area (Å²) in [4.78, 5) is 0.0556. The van der Waals surface area contributed by atoms with Crippen molar-refractivity contribution in [3.05, 3.63) is 18.1 Å². The molecular weight excluding hydrogens is 244 g/mol. The van der Waals surface area contributed by atoms with Crippen molar-refractivity contribution in [1.29, 1.82) is 0 Å². The second kappa shape index (κ2) is 3.77. The molecule has 2 heterocycles. The van der Waals surface area contributed by atoms with Crippen LogP contribution in [0.2, 0.25) is 0 Å². The van der Waals surface area contributed by atoms with Gasteiger partial charge in [-0.15, -0.1) is 0 Å². The molecule has 0 radical (unpaired) electrons. The van der Waals surface area contributed by atoms with Crippen molar-refractivity contribution < 1.29 is 8.42 Å². The van der Waals surface area contributed by atoms with E-state index in [4.69, 9.17) is 5.73 Å². The first kappa shape index (κ1) is 11.5. The summed E-state index contributed by atoms with van der Waals surface area (Å²) in [6.45, 7) is 1.70. The molecule has 0 amide bonds. The molecule has 0 fully saturated rings. The topological polar surface area (TPSA) is 119 Å². The summed E-state index contributed by atoms with van der Waals surface area (Å²) >= 11 is 0. The fourth-order valence-corrected chi connectivity index (χ4v) is 2.24. The van der Waals surface area contributed by atoms with Crippen molar-refractivity contribution in [1.82, 2.24) is 20.0 Å². The van der Waals surface area contributed by atoms with Gasteiger partial charge in [0.25, 0.3) is 10.0 Å². The van der Waals surface area contributed by atoms with Gasteiger partial charge in [-0.05, 0) is 6.92 Å². The number of nitrogens with zero attached hydrogens (tertiary/aromatic N) is 3. The number of nitrogens with two attached hydrogens (primary N) is 1. The lowest BCUT2D eigenvalue weighted by atomic mass is 10.4. The molecule has 2 aromatic heterocycles. The van der Waals surface area contributed by atoms with Gasteiger partial charge < -0.3 is 5.73 Å². The van der Waals surface area contributed by atoms with E-state index in [-0.39, 0.29) is 16.4 Å². The second-order valence-corrected chi connectivity index (χ2v) is 5.25. The molecule has 0 aromatic carbocycles. The second-order valence-electron chi connectivity index (χ2n) is 3.57. The maximum Gasteiger partial charge on any atom is 0.266 e. The van der Waals surface area contributed by atoms with Crippen LogP contribution in [0.1, 0.15) is 5.69 Å². The molecule has 0 bridgehead atoms. The Morgan fingerprint density at radius 3 is 2.71 bits per heavy atom. The minimum Gasteiger partial charge on any atom is -0.394 e. The van der Waals surface area contributed by atoms with Crippen LogP contribution in [0.5, 0.6) is 0 Å². The maximum absolute atomic E-state index is 11.9. The highest BCUT2D eigenvalue weighted by atomic mass is 32.2. The molecule has 2 rings (SSSR count). The number of anilines is 2. The van der Waals surface area contributed by atoms with E-state index in [9.17, 15) is 8.42 Å². The Morgan fingerprint density at radius 1 is 1.53 bits per heavy atom. The number of nitrogen functional groups attached to an aromatic ring is 1. The van der Waals surface area contributed by atoms with E-state index in [0.29, 0.717) is 5.69 Å². The van der Waals surface area contributed by atoms with Crippen molar-refractivity contribution in [2.75, 3.05) is 10.5 Å². The fraction of sp³-hybridized carbons (Fsp3) is 0.250. The molecule has 0 atom stereocenters. The number of sulfonamides is 1. The summed E-state index contributed by atoms with van der Waals surface area (Å²) in [5.74, 6) is 0.0892. The van der Waals surface area contributed by atoms with E-state index >= 15 is 0 Å². The monoisotopic (exact) mass is 256 g/mol. The Bertz CT molecular complexity index is 641. The molecule has 0 unspecified atom stereocenters. The Labute approximate surface area is 97.9 Å². The lowest BCUT2D eigenvalue weighted by Crippen LogP contribution is -2.13. The van der Waals surface area contributed by atoms with Crippen LogP contribution in [-0.4, -0.2) is 28.4 Å². The van der Waals surface area contributed by atoms with Crippen LogP contribution in [0.25, 0.3) is 0 Å². The molecule has 17 heavy (non-hydrogen) atoms. The number of H-pyrrole nitrogens is 1. The van der Waals surface area contributed by atoms with Gasteiger partial charge in [0.2, 0.25) is 0 Å². The highest BCUT2D eigenvalue weighted by molar-refractivity contribution is 7.92. The third-order valence-corrected chi connectivity index (χ3v) is 3.51. The summed E-state index contributed by atoms with van der Waals surface area (Å²) in [7, 11) is -2.07. The number of nitrogens with one attached hydrogen (secondary N) is 2. The van der Waals surface area contributed by atoms with Gasteiger partial charge in [0.15, 0.2) is 5.82 Å². The van der Waals surface area contributed by atoms with Crippen molar-refractivity contribution in [2.45, 2.75) is 11.8 Å². The molecule has 0 saturated carbocycles. The van der Waals surface area contributed by atoms with Crippen LogP contribution >= 0.6 is 0 Å². The first-order valence-corrected chi connectivity index (χ1v) is 6.20. The third kappa shape index (κ3) is 2.09. The van der Waals surface area contributed by atoms with E-state index in [1.165, 1.54) is 17.1 Å². The largest absolute Gasteiger partial charge is 0.394 e. The molecule has 0 aliphatic carbocycles. The van der Waals surface area contributed by atoms with Gasteiger partial charge in [0.05, 0.1) is 17.6 Å². The molecule has 8 nitrogen and oxygen atoms in total. The Kier molecular flexibility index (Phi) is 2.54. The van der Waals surface area contributed by atoms with Gasteiger partial charge in [-0.25, -0.2) is 8.42 Å². The zero-order chi connectivity index (χ0) is 12.6. The molecule has 0 saturated heterocycles. The summed E-state index contributed by atoms with van der Waals surface area (Å²) in [5, 5.41) is 10.1. The zero-order valence-corrected chi connectivity index (χ0v) is 10.1. The van der Waals surface area contributed by atoms with Gasteiger partial charge >= 0.3 is 0 Å². The van der Waals surface area contributed by atoms with E-state index in [0.717, 1.165) is 0 Å². The van der Waals surface area contributed by atoms with E-state index < -0.39 is 10.0 Å². The smallest absolute Gasteiger partial charge is 0.266 e. The molecule has 4 N–H and O–H groups in total. The van der Waals surface area contributed by atoms with Gasteiger partial charge in [-0.2, -0.15) is 10.2 Å². The first-order chi connectivity index (χ1) is 7.90. The average Bonchev–Trinajstić information content (AvgIpc) is 2.80. The van der Waals surface area contributed by atoms with Crippen molar-refractivity contribution in [3.63, 3.8) is 0 Å². The molecule has 2 aromatic rings. The van der Waals surface area contributed by atoms with Crippen molar-refractivity contribution in [3.8, 4) is 0 Å². The Hall–Kier alpha value is -2.03. The predicted octanol–water partition coefficient (Wildman–Crippen LogP) is -0.165. The molecule has 0 aliphatic heterocycles. The molecule has 0 spiro atoms. The highest BCUT2D eigenvalue weighted by Gasteiger charge is 2.19. The lowest BCUT2D eigenvalue weighted by Gasteiger charge is -2.03. The minimum absolute atomic E-state index is 0.0556. The number of hydrogen-bond acceptors (Lipinski definition) is 5. The normalized spacial score (nSPS) is 11.6. The number of aryl methyl sites for hydroxylation is 2. The molecule has 92 valence electrons. The summed E-state index contributed by atoms with van der Waals surface area (Å²) < 4.78 is 27.5. The first-order valence-electron chi connectivity index (χ1n) is 4.72. The number of hydrogen-bond donors (Lipinski definition) is 3. The van der Waals surface area contributed by atoms with Gasteiger partial charge in [-0.3, -0.25) is 14.5 Å². The standard InChI is InChI=1S/C8H12N6O2S/c1-5-7(9)8(12-11-5)13-17(15,16)6-3-10-14(2)4-6/h3-4H,9H2,1-2H3,(H2,11,12,13). The fourth-order valence-electron chi connectivity index (χ4n) is 1.24. The van der Waals surface area contributed by atoms with Crippen LogP contribution in [0, 0.1) is 6.92 Å². The lowest BCUT2D eigenvalue weighted by molar-refractivity contribution is 0.601. The Balaban J connectivity index is 2.33. The van der Waals surface area contributed by atoms with Crippen LogP contribution in [0.4, 0.5) is 11.5 Å².